The number of carbonyl (C=O) groups is 2. The van der Waals surface area contributed by atoms with Crippen molar-refractivity contribution < 1.29 is 19.6 Å². The van der Waals surface area contributed by atoms with Crippen LogP contribution in [0.1, 0.15) is 11.1 Å². The van der Waals surface area contributed by atoms with E-state index in [1.807, 2.05) is 30.3 Å². The smallest absolute Gasteiger partial charge is 0.310 e. The Balaban J connectivity index is 2.07. The van der Waals surface area contributed by atoms with Crippen LogP contribution in [0.25, 0.3) is 0 Å². The van der Waals surface area contributed by atoms with Gasteiger partial charge in [0.2, 0.25) is 11.8 Å². The number of nitrogens with one attached hydrogen (secondary N) is 1. The summed E-state index contributed by atoms with van der Waals surface area (Å²) in [6, 6.07) is 10.8. The highest BCUT2D eigenvalue weighted by Crippen LogP contribution is 2.26. The van der Waals surface area contributed by atoms with Gasteiger partial charge in [0.15, 0.2) is 5.75 Å². The number of amides is 2. The molecular formula is C18H20N4O5. The second kappa shape index (κ2) is 8.77. The third-order valence-electron chi connectivity index (χ3n) is 3.97. The zero-order valence-corrected chi connectivity index (χ0v) is 14.4. The highest BCUT2D eigenvalue weighted by molar-refractivity contribution is 5.89. The zero-order chi connectivity index (χ0) is 20.0. The van der Waals surface area contributed by atoms with Crippen molar-refractivity contribution in [2.24, 2.45) is 11.5 Å². The largest absolute Gasteiger partial charge is 0.502 e. The van der Waals surface area contributed by atoms with E-state index < -0.39 is 40.3 Å². The van der Waals surface area contributed by atoms with Crippen LogP contribution in [-0.4, -0.2) is 33.9 Å². The zero-order valence-electron chi connectivity index (χ0n) is 14.4. The SMILES string of the molecule is NC(=O)[C@@H](Cc1ccc(O)c([N+](=O)[O-])c1)NC(=O)[C@@H](N)Cc1ccccc1. The number of primary amides is 1. The van der Waals surface area contributed by atoms with Crippen LogP contribution in [0.2, 0.25) is 0 Å². The quantitative estimate of drug-likeness (QED) is 0.387. The van der Waals surface area contributed by atoms with Crippen molar-refractivity contribution in [2.75, 3.05) is 0 Å². The molecule has 0 saturated carbocycles. The van der Waals surface area contributed by atoms with E-state index in [-0.39, 0.29) is 12.8 Å². The lowest BCUT2D eigenvalue weighted by Gasteiger charge is -2.19. The number of benzene rings is 2. The molecule has 0 radical (unpaired) electrons. The number of nitrogens with two attached hydrogens (primary N) is 2. The monoisotopic (exact) mass is 372 g/mol. The van der Waals surface area contributed by atoms with Crippen molar-refractivity contribution in [3.63, 3.8) is 0 Å². The van der Waals surface area contributed by atoms with E-state index >= 15 is 0 Å². The van der Waals surface area contributed by atoms with Crippen LogP contribution in [0, 0.1) is 10.1 Å². The van der Waals surface area contributed by atoms with Crippen molar-refractivity contribution >= 4 is 17.5 Å². The van der Waals surface area contributed by atoms with Gasteiger partial charge < -0.3 is 21.9 Å². The van der Waals surface area contributed by atoms with Gasteiger partial charge in [-0.05, 0) is 23.6 Å². The maximum absolute atomic E-state index is 12.3. The lowest BCUT2D eigenvalue weighted by Crippen LogP contribution is -2.51. The molecule has 0 unspecified atom stereocenters. The van der Waals surface area contributed by atoms with Gasteiger partial charge in [-0.1, -0.05) is 36.4 Å². The fourth-order valence-electron chi connectivity index (χ4n) is 2.54. The normalized spacial score (nSPS) is 12.8. The predicted molar refractivity (Wildman–Crippen MR) is 97.7 cm³/mol. The predicted octanol–water partition coefficient (Wildman–Crippen LogP) is 0.383. The second-order valence-corrected chi connectivity index (χ2v) is 6.04. The average Bonchev–Trinajstić information content (AvgIpc) is 2.63. The molecule has 2 rings (SSSR count). The fraction of sp³-hybridized carbons (Fsp3) is 0.222. The topological polar surface area (TPSA) is 162 Å². The number of nitro groups is 1. The van der Waals surface area contributed by atoms with Crippen LogP contribution in [0.3, 0.4) is 0 Å². The van der Waals surface area contributed by atoms with Crippen molar-refractivity contribution in [3.8, 4) is 5.75 Å². The molecule has 0 heterocycles. The summed E-state index contributed by atoms with van der Waals surface area (Å²) < 4.78 is 0. The van der Waals surface area contributed by atoms with Gasteiger partial charge in [-0.2, -0.15) is 0 Å². The molecule has 2 aromatic carbocycles. The fourth-order valence-corrected chi connectivity index (χ4v) is 2.54. The molecule has 2 aromatic rings. The minimum Gasteiger partial charge on any atom is -0.502 e. The van der Waals surface area contributed by atoms with Crippen molar-refractivity contribution in [1.82, 2.24) is 5.32 Å². The van der Waals surface area contributed by atoms with Gasteiger partial charge >= 0.3 is 5.69 Å². The Morgan fingerprint density at radius 2 is 1.78 bits per heavy atom. The Labute approximate surface area is 155 Å². The van der Waals surface area contributed by atoms with Crippen LogP contribution in [0.4, 0.5) is 5.69 Å². The number of nitro benzene ring substituents is 1. The third kappa shape index (κ3) is 5.51. The molecule has 6 N–H and O–H groups in total. The Morgan fingerprint density at radius 1 is 1.11 bits per heavy atom. The first-order valence-corrected chi connectivity index (χ1v) is 8.13. The molecule has 9 nitrogen and oxygen atoms in total. The van der Waals surface area contributed by atoms with E-state index in [1.165, 1.54) is 6.07 Å². The van der Waals surface area contributed by atoms with Gasteiger partial charge in [0.25, 0.3) is 0 Å². The highest BCUT2D eigenvalue weighted by atomic mass is 16.6. The molecular weight excluding hydrogens is 352 g/mol. The third-order valence-corrected chi connectivity index (χ3v) is 3.97. The molecule has 27 heavy (non-hydrogen) atoms. The summed E-state index contributed by atoms with van der Waals surface area (Å²) in [5.74, 6) is -1.85. The van der Waals surface area contributed by atoms with Crippen LogP contribution >= 0.6 is 0 Å². The summed E-state index contributed by atoms with van der Waals surface area (Å²) in [4.78, 5) is 34.1. The van der Waals surface area contributed by atoms with E-state index in [0.717, 1.165) is 17.7 Å². The minimum absolute atomic E-state index is 0.0692. The molecule has 0 aliphatic heterocycles. The Kier molecular flexibility index (Phi) is 6.45. The van der Waals surface area contributed by atoms with Gasteiger partial charge in [0.1, 0.15) is 6.04 Å². The summed E-state index contributed by atoms with van der Waals surface area (Å²) in [6.45, 7) is 0. The van der Waals surface area contributed by atoms with E-state index in [0.29, 0.717) is 5.56 Å². The molecule has 0 aromatic heterocycles. The first-order chi connectivity index (χ1) is 12.8. The molecule has 0 fully saturated rings. The van der Waals surface area contributed by atoms with Crippen LogP contribution in [0.5, 0.6) is 5.75 Å². The summed E-state index contributed by atoms with van der Waals surface area (Å²) >= 11 is 0. The molecule has 0 aliphatic carbocycles. The molecule has 142 valence electrons. The van der Waals surface area contributed by atoms with E-state index in [4.69, 9.17) is 11.5 Å². The summed E-state index contributed by atoms with van der Waals surface area (Å²) in [5.41, 5.74) is 12.0. The highest BCUT2D eigenvalue weighted by Gasteiger charge is 2.24. The lowest BCUT2D eigenvalue weighted by atomic mass is 10.0. The Hall–Kier alpha value is -3.46. The summed E-state index contributed by atoms with van der Waals surface area (Å²) in [7, 11) is 0. The number of phenols is 1. The maximum atomic E-state index is 12.3. The van der Waals surface area contributed by atoms with Crippen molar-refractivity contribution in [1.29, 1.82) is 0 Å². The number of hydrogen-bond acceptors (Lipinski definition) is 6. The number of rotatable bonds is 8. The summed E-state index contributed by atoms with van der Waals surface area (Å²) in [6.07, 6.45) is 0.211. The Morgan fingerprint density at radius 3 is 2.37 bits per heavy atom. The van der Waals surface area contributed by atoms with E-state index in [1.54, 1.807) is 0 Å². The van der Waals surface area contributed by atoms with Crippen LogP contribution < -0.4 is 16.8 Å². The number of aromatic hydroxyl groups is 1. The van der Waals surface area contributed by atoms with Gasteiger partial charge in [-0.3, -0.25) is 19.7 Å². The van der Waals surface area contributed by atoms with Crippen molar-refractivity contribution in [2.45, 2.75) is 24.9 Å². The standard InChI is InChI=1S/C18H20N4O5/c19-13(8-11-4-2-1-3-5-11)18(25)21-14(17(20)24)9-12-6-7-16(23)15(10-12)22(26)27/h1-7,10,13-14,23H,8-9,19H2,(H2,20,24)(H,21,25)/t13-,14+/m0/s1. The Bertz CT molecular complexity index is 841. The summed E-state index contributed by atoms with van der Waals surface area (Å²) in [5, 5.41) is 22.9. The second-order valence-electron chi connectivity index (χ2n) is 6.04. The van der Waals surface area contributed by atoms with Gasteiger partial charge in [-0.15, -0.1) is 0 Å². The number of carbonyl (C=O) groups excluding carboxylic acids is 2. The maximum Gasteiger partial charge on any atom is 0.310 e. The first-order valence-electron chi connectivity index (χ1n) is 8.13. The molecule has 0 aliphatic rings. The lowest BCUT2D eigenvalue weighted by molar-refractivity contribution is -0.385. The average molecular weight is 372 g/mol. The molecule has 2 atom stereocenters. The van der Waals surface area contributed by atoms with Crippen LogP contribution in [0.15, 0.2) is 48.5 Å². The molecule has 0 saturated heterocycles. The van der Waals surface area contributed by atoms with Gasteiger partial charge in [0, 0.05) is 12.5 Å². The number of hydrogen-bond donors (Lipinski definition) is 4. The minimum atomic E-state index is -1.09. The molecule has 0 spiro atoms. The van der Waals surface area contributed by atoms with Crippen molar-refractivity contribution in [3.05, 3.63) is 69.8 Å². The van der Waals surface area contributed by atoms with Gasteiger partial charge in [0.05, 0.1) is 11.0 Å². The van der Waals surface area contributed by atoms with E-state index in [2.05, 4.69) is 5.32 Å². The van der Waals surface area contributed by atoms with Crippen LogP contribution in [-0.2, 0) is 22.4 Å². The molecule has 2 amide bonds. The van der Waals surface area contributed by atoms with E-state index in [9.17, 15) is 24.8 Å². The first kappa shape index (κ1) is 19.9. The number of nitrogens with zero attached hydrogens (tertiary/aromatic N) is 1. The molecule has 0 bridgehead atoms. The molecule has 9 heteroatoms. The van der Waals surface area contributed by atoms with Gasteiger partial charge in [-0.25, -0.2) is 0 Å². The number of phenolic OH excluding ortho intramolecular Hbond substituents is 1.